The summed E-state index contributed by atoms with van der Waals surface area (Å²) in [5.41, 5.74) is 2.19. The molecule has 3 N–H and O–H groups in total. The molecule has 5 nitrogen and oxygen atoms in total. The molecule has 0 aromatic heterocycles. The number of carbonyl (C=O) groups is 2. The lowest BCUT2D eigenvalue weighted by Crippen LogP contribution is -2.45. The fraction of sp³-hybridized carbons (Fsp3) is 0.647. The van der Waals surface area contributed by atoms with Gasteiger partial charge in [-0.1, -0.05) is 0 Å². The molecule has 5 heteroatoms. The molecule has 1 rings (SSSR count). The van der Waals surface area contributed by atoms with Crippen molar-refractivity contribution in [3.63, 3.8) is 0 Å². The van der Waals surface area contributed by atoms with Crippen LogP contribution in [-0.2, 0) is 9.59 Å². The number of hydrogen-bond donors (Lipinski definition) is 3. The van der Waals surface area contributed by atoms with Crippen LogP contribution in [0.2, 0.25) is 0 Å². The van der Waals surface area contributed by atoms with Crippen molar-refractivity contribution >= 4 is 11.8 Å². The summed E-state index contributed by atoms with van der Waals surface area (Å²) >= 11 is 0. The molecule has 0 radical (unpaired) electrons. The van der Waals surface area contributed by atoms with Crippen LogP contribution in [0.15, 0.2) is 22.5 Å². The molecule has 1 aliphatic heterocycles. The first kappa shape index (κ1) is 18.3. The fourth-order valence-corrected chi connectivity index (χ4v) is 2.21. The van der Waals surface area contributed by atoms with Gasteiger partial charge >= 0.3 is 0 Å². The third-order valence-corrected chi connectivity index (χ3v) is 3.16. The Balaban J connectivity index is 2.96. The lowest BCUT2D eigenvalue weighted by Gasteiger charge is -2.28. The smallest absolute Gasteiger partial charge is 0.249 e. The Morgan fingerprint density at radius 1 is 0.818 bits per heavy atom. The minimum absolute atomic E-state index is 0.133. The van der Waals surface area contributed by atoms with E-state index in [1.165, 1.54) is 0 Å². The highest BCUT2D eigenvalue weighted by atomic mass is 16.2. The van der Waals surface area contributed by atoms with Gasteiger partial charge < -0.3 is 16.0 Å². The summed E-state index contributed by atoms with van der Waals surface area (Å²) < 4.78 is 0. The predicted octanol–water partition coefficient (Wildman–Crippen LogP) is 2.36. The number of carbonyl (C=O) groups excluding carboxylic acids is 2. The molecule has 0 fully saturated rings. The lowest BCUT2D eigenvalue weighted by molar-refractivity contribution is -0.119. The molecule has 2 amide bonds. The molecule has 22 heavy (non-hydrogen) atoms. The third-order valence-electron chi connectivity index (χ3n) is 3.16. The summed E-state index contributed by atoms with van der Waals surface area (Å²) in [5.74, 6) is -0.267. The molecular weight excluding hydrogens is 278 g/mol. The highest BCUT2D eigenvalue weighted by molar-refractivity contribution is 6.01. The first-order chi connectivity index (χ1) is 9.80. The number of nitrogens with one attached hydrogen (secondary N) is 3. The number of rotatable bonds is 2. The first-order valence-corrected chi connectivity index (χ1v) is 7.62. The average molecular weight is 307 g/mol. The number of allylic oxidation sites excluding steroid dienone is 2. The van der Waals surface area contributed by atoms with Gasteiger partial charge in [-0.3, -0.25) is 9.59 Å². The van der Waals surface area contributed by atoms with Crippen molar-refractivity contribution in [1.29, 1.82) is 0 Å². The van der Waals surface area contributed by atoms with Gasteiger partial charge in [0.15, 0.2) is 0 Å². The van der Waals surface area contributed by atoms with Gasteiger partial charge in [0.25, 0.3) is 0 Å². The molecule has 0 bridgehead atoms. The quantitative estimate of drug-likeness (QED) is 0.733. The molecule has 1 aliphatic rings. The van der Waals surface area contributed by atoms with Gasteiger partial charge in [0.2, 0.25) is 11.8 Å². The maximum absolute atomic E-state index is 12.4. The molecule has 0 atom stereocenters. The first-order valence-electron chi connectivity index (χ1n) is 7.62. The van der Waals surface area contributed by atoms with Crippen molar-refractivity contribution in [1.82, 2.24) is 16.0 Å². The van der Waals surface area contributed by atoms with Crippen LogP contribution in [0.1, 0.15) is 61.8 Å². The van der Waals surface area contributed by atoms with Crippen molar-refractivity contribution < 1.29 is 9.59 Å². The zero-order chi connectivity index (χ0) is 17.3. The Morgan fingerprint density at radius 2 is 1.14 bits per heavy atom. The van der Waals surface area contributed by atoms with E-state index in [9.17, 15) is 9.59 Å². The topological polar surface area (TPSA) is 70.2 Å². The SMILES string of the molecule is CC1=C(C(=O)NC(C)(C)C)CC(C(=O)NC(C)(C)C)=C(C)N1. The van der Waals surface area contributed by atoms with E-state index in [0.717, 1.165) is 11.4 Å². The number of amides is 2. The van der Waals surface area contributed by atoms with E-state index in [-0.39, 0.29) is 22.9 Å². The molecule has 0 saturated carbocycles. The molecule has 0 aliphatic carbocycles. The van der Waals surface area contributed by atoms with Crippen molar-refractivity contribution in [2.75, 3.05) is 0 Å². The molecule has 0 unspecified atom stereocenters. The summed E-state index contributed by atoms with van der Waals surface area (Å²) in [6.07, 6.45) is 0.342. The van der Waals surface area contributed by atoms with E-state index >= 15 is 0 Å². The molecule has 0 saturated heterocycles. The summed E-state index contributed by atoms with van der Waals surface area (Å²) in [6, 6.07) is 0. The van der Waals surface area contributed by atoms with Gasteiger partial charge in [-0.2, -0.15) is 0 Å². The molecule has 1 heterocycles. The fourth-order valence-electron chi connectivity index (χ4n) is 2.21. The van der Waals surface area contributed by atoms with Crippen LogP contribution in [-0.4, -0.2) is 22.9 Å². The van der Waals surface area contributed by atoms with Gasteiger partial charge in [-0.05, 0) is 55.4 Å². The zero-order valence-corrected chi connectivity index (χ0v) is 15.0. The van der Waals surface area contributed by atoms with Crippen molar-refractivity contribution in [3.8, 4) is 0 Å². The van der Waals surface area contributed by atoms with Crippen LogP contribution in [0.3, 0.4) is 0 Å². The maximum Gasteiger partial charge on any atom is 0.249 e. The largest absolute Gasteiger partial charge is 0.362 e. The summed E-state index contributed by atoms with van der Waals surface area (Å²) in [5, 5.41) is 9.05. The molecule has 124 valence electrons. The van der Waals surface area contributed by atoms with E-state index in [2.05, 4.69) is 16.0 Å². The average Bonchev–Trinajstić information content (AvgIpc) is 2.23. The van der Waals surface area contributed by atoms with Crippen molar-refractivity contribution in [3.05, 3.63) is 22.5 Å². The van der Waals surface area contributed by atoms with E-state index in [4.69, 9.17) is 0 Å². The van der Waals surface area contributed by atoms with Gasteiger partial charge in [0.1, 0.15) is 0 Å². The van der Waals surface area contributed by atoms with Crippen molar-refractivity contribution in [2.24, 2.45) is 0 Å². The monoisotopic (exact) mass is 307 g/mol. The molecule has 0 aromatic rings. The minimum Gasteiger partial charge on any atom is -0.362 e. The van der Waals surface area contributed by atoms with Crippen LogP contribution < -0.4 is 16.0 Å². The van der Waals surface area contributed by atoms with Gasteiger partial charge in [-0.15, -0.1) is 0 Å². The molecule has 0 aromatic carbocycles. The Kier molecular flexibility index (Phi) is 5.10. The third kappa shape index (κ3) is 5.20. The standard InChI is InChI=1S/C17H29N3O2/c1-10-12(14(21)19-16(3,4)5)9-13(11(2)18-10)15(22)20-17(6,7)8/h18H,9H2,1-8H3,(H,19,21)(H,20,22). The van der Waals surface area contributed by atoms with Crippen LogP contribution in [0.25, 0.3) is 0 Å². The maximum atomic E-state index is 12.4. The summed E-state index contributed by atoms with van der Waals surface area (Å²) in [7, 11) is 0. The van der Waals surface area contributed by atoms with Crippen molar-refractivity contribution in [2.45, 2.75) is 72.9 Å². The Hall–Kier alpha value is -1.78. The van der Waals surface area contributed by atoms with E-state index in [1.807, 2.05) is 55.4 Å². The zero-order valence-electron chi connectivity index (χ0n) is 15.0. The van der Waals surface area contributed by atoms with Gasteiger partial charge in [-0.25, -0.2) is 0 Å². The number of hydrogen-bond acceptors (Lipinski definition) is 3. The van der Waals surface area contributed by atoms with Crippen LogP contribution in [0.4, 0.5) is 0 Å². The van der Waals surface area contributed by atoms with E-state index < -0.39 is 0 Å². The molecule has 0 spiro atoms. The number of dihydropyridines is 1. The Morgan fingerprint density at radius 3 is 1.41 bits per heavy atom. The van der Waals surface area contributed by atoms with E-state index in [1.54, 1.807) is 0 Å². The second-order valence-electron chi connectivity index (χ2n) is 7.92. The van der Waals surface area contributed by atoms with E-state index in [0.29, 0.717) is 17.6 Å². The van der Waals surface area contributed by atoms with Gasteiger partial charge in [0, 0.05) is 40.0 Å². The second kappa shape index (κ2) is 6.15. The normalized spacial score (nSPS) is 16.4. The summed E-state index contributed by atoms with van der Waals surface area (Å²) in [6.45, 7) is 15.3. The van der Waals surface area contributed by atoms with Crippen LogP contribution in [0.5, 0.6) is 0 Å². The highest BCUT2D eigenvalue weighted by Crippen LogP contribution is 2.24. The minimum atomic E-state index is -0.311. The lowest BCUT2D eigenvalue weighted by atomic mass is 9.95. The molecular formula is C17H29N3O2. The Bertz CT molecular complexity index is 495. The van der Waals surface area contributed by atoms with Crippen LogP contribution in [0, 0.1) is 0 Å². The summed E-state index contributed by atoms with van der Waals surface area (Å²) in [4.78, 5) is 24.8. The van der Waals surface area contributed by atoms with Crippen LogP contribution >= 0.6 is 0 Å². The highest BCUT2D eigenvalue weighted by Gasteiger charge is 2.28. The Labute approximate surface area is 133 Å². The predicted molar refractivity (Wildman–Crippen MR) is 88.9 cm³/mol. The second-order valence-corrected chi connectivity index (χ2v) is 7.92. The van der Waals surface area contributed by atoms with Gasteiger partial charge in [0.05, 0.1) is 0 Å².